The molecule has 0 radical (unpaired) electrons. The van der Waals surface area contributed by atoms with Crippen molar-refractivity contribution in [1.82, 2.24) is 0 Å². The molecule has 0 bridgehead atoms. The van der Waals surface area contributed by atoms with Crippen LogP contribution in [0, 0.1) is 0 Å². The smallest absolute Gasteiger partial charge is 0.0900 e. The highest BCUT2D eigenvalue weighted by atomic mass is 16.5. The quantitative estimate of drug-likeness (QED) is 0.481. The van der Waals surface area contributed by atoms with E-state index in [1.54, 1.807) is 7.11 Å². The fraction of sp³-hybridized carbons (Fsp3) is 0.600. The molecule has 2 unspecified atom stereocenters. The highest BCUT2D eigenvalue weighted by Gasteiger charge is 2.06. The van der Waals surface area contributed by atoms with E-state index in [4.69, 9.17) is 16.2 Å². The third-order valence-corrected chi connectivity index (χ3v) is 1.82. The van der Waals surface area contributed by atoms with Crippen LogP contribution >= 0.6 is 0 Å². The standard InChI is InChI=1S/C10H20N2O/c1-4-5-9(11)7-10(12)6-8(2)13-3/h4,6,9-10H,1,5,7,11-12H2,2-3H3/b8-6-. The van der Waals surface area contributed by atoms with Crippen LogP contribution in [0.4, 0.5) is 0 Å². The molecule has 3 heteroatoms. The number of hydrogen-bond acceptors (Lipinski definition) is 3. The summed E-state index contributed by atoms with van der Waals surface area (Å²) >= 11 is 0. The van der Waals surface area contributed by atoms with Gasteiger partial charge in [-0.25, -0.2) is 0 Å². The first-order valence-corrected chi connectivity index (χ1v) is 4.44. The lowest BCUT2D eigenvalue weighted by Gasteiger charge is -2.13. The maximum Gasteiger partial charge on any atom is 0.0900 e. The first-order valence-electron chi connectivity index (χ1n) is 4.44. The maximum absolute atomic E-state index is 5.81. The monoisotopic (exact) mass is 184 g/mol. The van der Waals surface area contributed by atoms with Gasteiger partial charge in [-0.2, -0.15) is 0 Å². The van der Waals surface area contributed by atoms with Crippen molar-refractivity contribution in [2.24, 2.45) is 11.5 Å². The summed E-state index contributed by atoms with van der Waals surface area (Å²) in [6.45, 7) is 5.50. The summed E-state index contributed by atoms with van der Waals surface area (Å²) in [4.78, 5) is 0. The predicted octanol–water partition coefficient (Wildman–Crippen LogP) is 1.16. The minimum absolute atomic E-state index is 0.0325. The van der Waals surface area contributed by atoms with Gasteiger partial charge >= 0.3 is 0 Å². The average molecular weight is 184 g/mol. The third-order valence-electron chi connectivity index (χ3n) is 1.82. The number of rotatable bonds is 6. The Labute approximate surface area is 80.4 Å². The van der Waals surface area contributed by atoms with Crippen LogP contribution in [0.1, 0.15) is 19.8 Å². The molecule has 0 aromatic heterocycles. The van der Waals surface area contributed by atoms with Crippen LogP contribution in [0.2, 0.25) is 0 Å². The van der Waals surface area contributed by atoms with Crippen LogP contribution in [0.25, 0.3) is 0 Å². The average Bonchev–Trinajstić information content (AvgIpc) is 2.04. The Morgan fingerprint density at radius 3 is 2.62 bits per heavy atom. The highest BCUT2D eigenvalue weighted by molar-refractivity contribution is 4.97. The molecular formula is C10H20N2O. The second-order valence-electron chi connectivity index (χ2n) is 3.17. The van der Waals surface area contributed by atoms with Crippen LogP contribution in [0.3, 0.4) is 0 Å². The van der Waals surface area contributed by atoms with E-state index in [2.05, 4.69) is 6.58 Å². The summed E-state index contributed by atoms with van der Waals surface area (Å²) in [7, 11) is 1.63. The Bertz CT molecular complexity index is 178. The van der Waals surface area contributed by atoms with E-state index in [0.717, 1.165) is 18.6 Å². The summed E-state index contributed by atoms with van der Waals surface area (Å²) in [6, 6.07) is 0.0586. The van der Waals surface area contributed by atoms with E-state index >= 15 is 0 Å². The summed E-state index contributed by atoms with van der Waals surface area (Å²) in [6.07, 6.45) is 5.24. The van der Waals surface area contributed by atoms with Crippen molar-refractivity contribution in [3.63, 3.8) is 0 Å². The number of ether oxygens (including phenoxy) is 1. The Balaban J connectivity index is 3.85. The van der Waals surface area contributed by atoms with Crippen molar-refractivity contribution >= 4 is 0 Å². The van der Waals surface area contributed by atoms with Crippen molar-refractivity contribution < 1.29 is 4.74 Å². The third kappa shape index (κ3) is 6.37. The fourth-order valence-electron chi connectivity index (χ4n) is 1.10. The van der Waals surface area contributed by atoms with Crippen molar-refractivity contribution in [3.05, 3.63) is 24.5 Å². The predicted molar refractivity (Wildman–Crippen MR) is 56.1 cm³/mol. The zero-order chi connectivity index (χ0) is 10.3. The molecule has 0 aromatic carbocycles. The van der Waals surface area contributed by atoms with Gasteiger partial charge in [0.1, 0.15) is 0 Å². The van der Waals surface area contributed by atoms with Gasteiger partial charge in [0.15, 0.2) is 0 Å². The van der Waals surface area contributed by atoms with E-state index in [9.17, 15) is 0 Å². The van der Waals surface area contributed by atoms with Gasteiger partial charge in [0.2, 0.25) is 0 Å². The molecule has 0 aliphatic heterocycles. The van der Waals surface area contributed by atoms with Gasteiger partial charge in [-0.15, -0.1) is 6.58 Å². The Morgan fingerprint density at radius 1 is 1.54 bits per heavy atom. The van der Waals surface area contributed by atoms with Crippen LogP contribution in [-0.2, 0) is 4.74 Å². The lowest BCUT2D eigenvalue weighted by Crippen LogP contribution is -2.29. The minimum Gasteiger partial charge on any atom is -0.502 e. The second-order valence-corrected chi connectivity index (χ2v) is 3.17. The lowest BCUT2D eigenvalue weighted by atomic mass is 10.1. The number of methoxy groups -OCH3 is 1. The molecule has 2 atom stereocenters. The molecule has 0 heterocycles. The van der Waals surface area contributed by atoms with Crippen LogP contribution in [0.5, 0.6) is 0 Å². The molecule has 0 amide bonds. The van der Waals surface area contributed by atoms with E-state index in [1.165, 1.54) is 0 Å². The van der Waals surface area contributed by atoms with E-state index < -0.39 is 0 Å². The normalized spacial score (nSPS) is 16.5. The van der Waals surface area contributed by atoms with Crippen molar-refractivity contribution in [1.29, 1.82) is 0 Å². The van der Waals surface area contributed by atoms with Crippen molar-refractivity contribution in [2.45, 2.75) is 31.8 Å². The summed E-state index contributed by atoms with van der Waals surface area (Å²) < 4.78 is 4.98. The molecule has 0 saturated heterocycles. The van der Waals surface area contributed by atoms with Crippen LogP contribution in [0.15, 0.2) is 24.5 Å². The SMILES string of the molecule is C=CCC(N)CC(N)/C=C(/C)OC. The molecule has 76 valence electrons. The van der Waals surface area contributed by atoms with Gasteiger partial charge in [0.05, 0.1) is 12.9 Å². The topological polar surface area (TPSA) is 61.3 Å². The zero-order valence-corrected chi connectivity index (χ0v) is 8.49. The first-order chi connectivity index (χ1) is 6.10. The minimum atomic E-state index is -0.0325. The number of allylic oxidation sites excluding steroid dienone is 1. The summed E-state index contributed by atoms with van der Waals surface area (Å²) in [5, 5.41) is 0. The lowest BCUT2D eigenvalue weighted by molar-refractivity contribution is 0.290. The molecule has 0 aromatic rings. The molecule has 13 heavy (non-hydrogen) atoms. The Kier molecular flexibility index (Phi) is 6.28. The van der Waals surface area contributed by atoms with Crippen LogP contribution in [-0.4, -0.2) is 19.2 Å². The molecule has 0 saturated carbocycles. The summed E-state index contributed by atoms with van der Waals surface area (Å²) in [5.41, 5.74) is 11.6. The Morgan fingerprint density at radius 2 is 2.15 bits per heavy atom. The van der Waals surface area contributed by atoms with Crippen molar-refractivity contribution in [3.8, 4) is 0 Å². The van der Waals surface area contributed by atoms with E-state index in [-0.39, 0.29) is 12.1 Å². The van der Waals surface area contributed by atoms with Crippen molar-refractivity contribution in [2.75, 3.05) is 7.11 Å². The Hall–Kier alpha value is -0.800. The van der Waals surface area contributed by atoms with Gasteiger partial charge in [0.25, 0.3) is 0 Å². The molecule has 3 nitrogen and oxygen atoms in total. The van der Waals surface area contributed by atoms with Gasteiger partial charge in [-0.1, -0.05) is 6.08 Å². The molecular weight excluding hydrogens is 164 g/mol. The largest absolute Gasteiger partial charge is 0.502 e. The number of hydrogen-bond donors (Lipinski definition) is 2. The second kappa shape index (κ2) is 6.69. The molecule has 0 fully saturated rings. The van der Waals surface area contributed by atoms with Crippen LogP contribution < -0.4 is 11.5 Å². The molecule has 0 aliphatic carbocycles. The fourth-order valence-corrected chi connectivity index (χ4v) is 1.10. The molecule has 0 rings (SSSR count). The summed E-state index contributed by atoms with van der Waals surface area (Å²) in [5.74, 6) is 0.832. The zero-order valence-electron chi connectivity index (χ0n) is 8.49. The van der Waals surface area contributed by atoms with E-state index in [1.807, 2.05) is 19.1 Å². The maximum atomic E-state index is 5.81. The van der Waals surface area contributed by atoms with Gasteiger partial charge in [0, 0.05) is 12.1 Å². The van der Waals surface area contributed by atoms with E-state index in [0.29, 0.717) is 0 Å². The van der Waals surface area contributed by atoms with Gasteiger partial charge in [-0.3, -0.25) is 0 Å². The number of nitrogens with two attached hydrogens (primary N) is 2. The molecule has 0 spiro atoms. The molecule has 4 N–H and O–H groups in total. The highest BCUT2D eigenvalue weighted by Crippen LogP contribution is 2.03. The molecule has 0 aliphatic rings. The van der Waals surface area contributed by atoms with Gasteiger partial charge in [-0.05, 0) is 25.8 Å². The first kappa shape index (κ1) is 12.2. The van der Waals surface area contributed by atoms with Gasteiger partial charge < -0.3 is 16.2 Å².